The summed E-state index contributed by atoms with van der Waals surface area (Å²) in [5, 5.41) is 17.6. The second-order valence-electron chi connectivity index (χ2n) is 18.8. The molecule has 0 unspecified atom stereocenters. The smallest absolute Gasteiger partial charge is 0.00201 e. The van der Waals surface area contributed by atoms with E-state index < -0.39 is 0 Å². The Bertz CT molecular complexity index is 4410. The molecule has 14 aromatic carbocycles. The summed E-state index contributed by atoms with van der Waals surface area (Å²) in [6.07, 6.45) is 0. The highest BCUT2D eigenvalue weighted by atomic mass is 14.2. The van der Waals surface area contributed by atoms with Gasteiger partial charge < -0.3 is 0 Å². The first-order chi connectivity index (χ1) is 34.7. The molecule has 0 aliphatic carbocycles. The monoisotopic (exact) mass is 884 g/mol. The fourth-order valence-corrected chi connectivity index (χ4v) is 11.4. The summed E-state index contributed by atoms with van der Waals surface area (Å²) < 4.78 is 0. The van der Waals surface area contributed by atoms with Crippen LogP contribution in [0.4, 0.5) is 0 Å². The first kappa shape index (κ1) is 40.0. The van der Waals surface area contributed by atoms with E-state index in [-0.39, 0.29) is 0 Å². The first-order valence-corrected chi connectivity index (χ1v) is 24.3. The van der Waals surface area contributed by atoms with Crippen molar-refractivity contribution in [3.8, 4) is 66.8 Å². The maximum atomic E-state index is 2.44. The van der Waals surface area contributed by atoms with Gasteiger partial charge in [0.15, 0.2) is 0 Å². The maximum Gasteiger partial charge on any atom is -0.00201 e. The highest BCUT2D eigenvalue weighted by Crippen LogP contribution is 2.46. The molecule has 70 heavy (non-hydrogen) atoms. The summed E-state index contributed by atoms with van der Waals surface area (Å²) in [5.41, 5.74) is 14.5. The van der Waals surface area contributed by atoms with Crippen molar-refractivity contribution in [3.05, 3.63) is 267 Å². The van der Waals surface area contributed by atoms with Crippen molar-refractivity contribution < 1.29 is 0 Å². The van der Waals surface area contributed by atoms with Gasteiger partial charge in [0.2, 0.25) is 0 Å². The van der Waals surface area contributed by atoms with Crippen molar-refractivity contribution in [3.63, 3.8) is 0 Å². The summed E-state index contributed by atoms with van der Waals surface area (Å²) in [4.78, 5) is 0. The molecule has 0 aliphatic rings. The second kappa shape index (κ2) is 16.3. The molecule has 324 valence electrons. The van der Waals surface area contributed by atoms with Crippen LogP contribution in [0.15, 0.2) is 267 Å². The molecule has 0 heteroatoms. The minimum absolute atomic E-state index is 1.19. The minimum atomic E-state index is 1.19. The van der Waals surface area contributed by atoms with E-state index >= 15 is 0 Å². The van der Waals surface area contributed by atoms with Crippen LogP contribution < -0.4 is 0 Å². The van der Waals surface area contributed by atoms with E-state index in [0.717, 1.165) is 0 Å². The second-order valence-corrected chi connectivity index (χ2v) is 18.8. The maximum absolute atomic E-state index is 2.44. The van der Waals surface area contributed by atoms with Gasteiger partial charge in [-0.15, -0.1) is 0 Å². The third-order valence-electron chi connectivity index (χ3n) is 14.8. The fourth-order valence-electron chi connectivity index (χ4n) is 11.4. The number of fused-ring (bicyclic) bond motifs is 9. The molecule has 0 aromatic heterocycles. The van der Waals surface area contributed by atoms with Gasteiger partial charge >= 0.3 is 0 Å². The summed E-state index contributed by atoms with van der Waals surface area (Å²) in [6, 6.07) is 99.2. The van der Waals surface area contributed by atoms with Gasteiger partial charge in [0.05, 0.1) is 0 Å². The third-order valence-corrected chi connectivity index (χ3v) is 14.8. The van der Waals surface area contributed by atoms with Gasteiger partial charge in [0.1, 0.15) is 0 Å². The molecule has 14 rings (SSSR count). The van der Waals surface area contributed by atoms with Gasteiger partial charge in [0, 0.05) is 0 Å². The topological polar surface area (TPSA) is 0 Å². The number of rotatable bonds is 6. The van der Waals surface area contributed by atoms with E-state index in [9.17, 15) is 0 Å². The average Bonchev–Trinajstić information content (AvgIpc) is 3.43. The molecular formula is C70H44. The lowest BCUT2D eigenvalue weighted by atomic mass is 9.84. The lowest BCUT2D eigenvalue weighted by Crippen LogP contribution is -1.92. The molecule has 0 N–H and O–H groups in total. The van der Waals surface area contributed by atoms with E-state index in [4.69, 9.17) is 0 Å². The van der Waals surface area contributed by atoms with Gasteiger partial charge in [-0.25, -0.2) is 0 Å². The first-order valence-electron chi connectivity index (χ1n) is 24.3. The van der Waals surface area contributed by atoms with Crippen LogP contribution in [0.25, 0.3) is 142 Å². The Morgan fingerprint density at radius 2 is 0.529 bits per heavy atom. The van der Waals surface area contributed by atoms with Crippen LogP contribution >= 0.6 is 0 Å². The van der Waals surface area contributed by atoms with Gasteiger partial charge in [-0.3, -0.25) is 0 Å². The molecule has 0 atom stereocenters. The molecule has 0 fully saturated rings. The summed E-state index contributed by atoms with van der Waals surface area (Å²) in [6.45, 7) is 0. The molecule has 14 aromatic rings. The minimum Gasteiger partial charge on any atom is -0.0616 e. The van der Waals surface area contributed by atoms with E-state index in [1.807, 2.05) is 0 Å². The fraction of sp³-hybridized carbons (Fsp3) is 0. The van der Waals surface area contributed by atoms with Crippen LogP contribution in [-0.2, 0) is 0 Å². The third kappa shape index (κ3) is 6.68. The predicted molar refractivity (Wildman–Crippen MR) is 302 cm³/mol. The molecule has 0 aliphatic heterocycles. The number of hydrogen-bond acceptors (Lipinski definition) is 0. The molecular weight excluding hydrogens is 841 g/mol. The van der Waals surface area contributed by atoms with Crippen molar-refractivity contribution in [2.24, 2.45) is 0 Å². The summed E-state index contributed by atoms with van der Waals surface area (Å²) in [5.74, 6) is 0. The zero-order valence-electron chi connectivity index (χ0n) is 38.4. The molecule has 0 amide bonds. The Labute approximate surface area is 407 Å². The standard InChI is InChI=1S/C70H44/c1-4-24-59-45(13-1)16-10-27-62(59)53-20-9-22-57(43-53)70-67-30-12-28-63(52-19-7-17-48(39-52)50-35-37-64-55(41-50)33-31-46-14-2-5-25-60(46)64)68(67)44-58-23-11-29-66(69(58)70)54-21-8-18-49(40-54)51-36-38-65-56(42-51)34-32-47-15-3-6-26-61(47)65/h1-44H. The zero-order chi connectivity index (χ0) is 46.1. The van der Waals surface area contributed by atoms with Crippen molar-refractivity contribution in [2.45, 2.75) is 0 Å². The van der Waals surface area contributed by atoms with Gasteiger partial charge in [-0.2, -0.15) is 0 Å². The molecule has 0 bridgehead atoms. The quantitative estimate of drug-likeness (QED) is 0.115. The largest absolute Gasteiger partial charge is 0.0616 e. The van der Waals surface area contributed by atoms with Crippen molar-refractivity contribution in [2.75, 3.05) is 0 Å². The van der Waals surface area contributed by atoms with E-state index in [0.29, 0.717) is 0 Å². The summed E-state index contributed by atoms with van der Waals surface area (Å²) in [7, 11) is 0. The highest BCUT2D eigenvalue weighted by Gasteiger charge is 2.19. The normalized spacial score (nSPS) is 11.7. The van der Waals surface area contributed by atoms with Crippen LogP contribution in [0.5, 0.6) is 0 Å². The molecule has 0 nitrogen and oxygen atoms in total. The van der Waals surface area contributed by atoms with Crippen LogP contribution in [0.2, 0.25) is 0 Å². The van der Waals surface area contributed by atoms with Crippen LogP contribution in [0.3, 0.4) is 0 Å². The van der Waals surface area contributed by atoms with Gasteiger partial charge in [-0.1, -0.05) is 231 Å². The molecule has 0 saturated heterocycles. The molecule has 0 radical (unpaired) electrons. The van der Waals surface area contributed by atoms with Gasteiger partial charge in [0.25, 0.3) is 0 Å². The Balaban J connectivity index is 0.960. The van der Waals surface area contributed by atoms with Crippen LogP contribution in [0.1, 0.15) is 0 Å². The molecule has 0 heterocycles. The van der Waals surface area contributed by atoms with Crippen LogP contribution in [-0.4, -0.2) is 0 Å². The SMILES string of the molecule is c1cc(-c2ccc3c(ccc4ccccc43)c2)cc(-c2cccc3c(-c4cccc(-c5cccc6ccccc56)c4)c4c(-c5cccc(-c6ccc7c(ccc8ccccc87)c6)c5)cccc4cc23)c1. The molecule has 0 saturated carbocycles. The summed E-state index contributed by atoms with van der Waals surface area (Å²) >= 11 is 0. The predicted octanol–water partition coefficient (Wildman–Crippen LogP) is 19.8. The average molecular weight is 885 g/mol. The number of benzene rings is 14. The Morgan fingerprint density at radius 3 is 1.14 bits per heavy atom. The molecule has 0 spiro atoms. The lowest BCUT2D eigenvalue weighted by Gasteiger charge is -2.19. The van der Waals surface area contributed by atoms with E-state index in [2.05, 4.69) is 267 Å². The van der Waals surface area contributed by atoms with Crippen molar-refractivity contribution >= 4 is 75.4 Å². The lowest BCUT2D eigenvalue weighted by molar-refractivity contribution is 1.61. The van der Waals surface area contributed by atoms with Crippen LogP contribution in [0, 0.1) is 0 Å². The highest BCUT2D eigenvalue weighted by molar-refractivity contribution is 6.20. The Hall–Kier alpha value is -9.10. The van der Waals surface area contributed by atoms with Crippen molar-refractivity contribution in [1.82, 2.24) is 0 Å². The Morgan fingerprint density at radius 1 is 0.157 bits per heavy atom. The zero-order valence-corrected chi connectivity index (χ0v) is 38.4. The van der Waals surface area contributed by atoms with Crippen molar-refractivity contribution in [1.29, 1.82) is 0 Å². The van der Waals surface area contributed by atoms with E-state index in [1.54, 1.807) is 0 Å². The van der Waals surface area contributed by atoms with Gasteiger partial charge in [-0.05, 0) is 179 Å². The Kier molecular flexibility index (Phi) is 9.32. The van der Waals surface area contributed by atoms with E-state index in [1.165, 1.54) is 142 Å². The number of hydrogen-bond donors (Lipinski definition) is 0.